The summed E-state index contributed by atoms with van der Waals surface area (Å²) in [5.41, 5.74) is 0. The summed E-state index contributed by atoms with van der Waals surface area (Å²) in [7, 11) is 2.17. The largest absolute Gasteiger partial charge is 0.326 e. The van der Waals surface area contributed by atoms with E-state index in [0.717, 1.165) is 0 Å². The van der Waals surface area contributed by atoms with Gasteiger partial charge in [-0.2, -0.15) is 12.8 Å². The molecule has 0 unspecified atom stereocenters. The van der Waals surface area contributed by atoms with Crippen molar-refractivity contribution in [2.45, 2.75) is 12.8 Å². The van der Waals surface area contributed by atoms with Crippen molar-refractivity contribution in [2.24, 2.45) is 0 Å². The Morgan fingerprint density at radius 3 is 0.208 bits per heavy atom. The molecule has 0 bridgehead atoms. The molecule has 1 aliphatic heterocycles. The van der Waals surface area contributed by atoms with Gasteiger partial charge in [0.2, 0.25) is 0 Å². The zero-order valence-corrected chi connectivity index (χ0v) is 239. The Kier molecular flexibility index (Phi) is 4920. The number of nitrogens with zero attached hydrogens (tertiary/aromatic N) is 1. The molecule has 0 aromatic heterocycles. The first-order valence-electron chi connectivity index (χ1n) is 2.90. The molecule has 462 valence electrons. The van der Waals surface area contributed by atoms with Gasteiger partial charge in [-0.15, -0.1) is 0 Å². The first-order valence-corrected chi connectivity index (χ1v) is 2.90. The fourth-order valence-electron chi connectivity index (χ4n) is 0.879. The minimum Gasteiger partial charge on any atom is -0.326 e. The predicted octanol–water partition coefficient (Wildman–Crippen LogP) is 0.741. The quantitative estimate of drug-likeness (QED) is 0.325. The number of hydrogen-bond acceptors (Lipinski definition) is 1. The van der Waals surface area contributed by atoms with Gasteiger partial charge in [-0.25, -0.2) is 0 Å². The topological polar surface area (TPSA) is 3.24 Å². The Bertz CT molecular complexity index is 80.0. The van der Waals surface area contributed by atoms with Crippen LogP contribution in [-0.2, 0) is 1470 Å². The third-order valence-corrected chi connectivity index (χ3v) is 1.43. The molecule has 1 saturated heterocycles. The molecule has 1 nitrogen and oxygen atoms in total. The monoisotopic (exact) mass is 13000 g/mol. The molecule has 0 atom stereocenters. The standard InChI is InChI=1S/C6H12N.70W/c1-7-5-3-2-4-6-7;;;;;;;;;;;;;;;;;;;;;;;;;;;;;;;;;;;;;;;;;;;;;;;;;;;;;;;;;;;;;;;;;;;;;;/h2H,3-6H2,1H3;;;;;;;;;;;;;;;;;;;;;;;;;;;;;;;;;;;;;;;;;;;;;;;;;;;;;;;;;;;;;;;;;;;;;;/q-1;;;;;;;;;;;;;;;;;;;;;;;;;;;;;;;;;;;;;;;;;;;;;;;;;;;;;;;;;;;;;;;;;;;;;;. The fraction of sp³-hybridized carbons (Fsp3) is 0.833. The molecule has 71 heteroatoms. The molecular formula is C6H12NW70-. The Labute approximate surface area is 1470 Å². The number of piperidine rings is 1. The summed E-state index contributed by atoms with van der Waals surface area (Å²) >= 11 is 0. The SMILES string of the molecule is CN1CC[CH-]CC1.[W].[W].[W].[W].[W].[W].[W].[W].[W].[W].[W].[W].[W].[W].[W].[W].[W].[W].[W].[W].[W].[W].[W].[W].[W].[W].[W].[W].[W].[W].[W].[W].[W].[W].[W].[W].[W].[W].[W].[W].[W].[W].[W].[W].[W].[W].[W].[W].[W].[W].[W].[W].[W].[W].[W].[W].[W].[W].[W].[W].[W].[W].[W].[W].[W].[W].[W].[W].[W].[W]. The van der Waals surface area contributed by atoms with Gasteiger partial charge in [-0.05, 0) is 20.1 Å². The summed E-state index contributed by atoms with van der Waals surface area (Å²) < 4.78 is 0. The van der Waals surface area contributed by atoms with Gasteiger partial charge in [0.1, 0.15) is 0 Å². The summed E-state index contributed by atoms with van der Waals surface area (Å²) in [6.07, 6.45) is 4.94. The van der Waals surface area contributed by atoms with E-state index in [1.165, 1.54) is 25.9 Å². The Morgan fingerprint density at radius 1 is 0.130 bits per heavy atom. The second kappa shape index (κ2) is 597. The smallest absolute Gasteiger partial charge is 0 e. The van der Waals surface area contributed by atoms with Crippen LogP contribution in [0.4, 0.5) is 0 Å². The van der Waals surface area contributed by atoms with Gasteiger partial charge < -0.3 is 11.3 Å². The zero-order chi connectivity index (χ0) is 5.11. The Balaban J connectivity index is -0.000000000103. The molecule has 0 amide bonds. The second-order valence-electron chi connectivity index (χ2n) is 2.17. The van der Waals surface area contributed by atoms with E-state index in [4.69, 9.17) is 0 Å². The number of likely N-dealkylation sites (tertiary alicyclic amines) is 1. The van der Waals surface area contributed by atoms with Crippen molar-refractivity contribution < 1.29 is 1470 Å². The van der Waals surface area contributed by atoms with Gasteiger partial charge >= 0.3 is 0 Å². The molecule has 0 aliphatic carbocycles. The van der Waals surface area contributed by atoms with Crippen LogP contribution in [0.2, 0.25) is 0 Å². The van der Waals surface area contributed by atoms with Gasteiger partial charge in [-0.1, -0.05) is 0 Å². The molecule has 0 N–H and O–H groups in total. The van der Waals surface area contributed by atoms with Crippen LogP contribution in [0.1, 0.15) is 12.8 Å². The molecule has 1 rings (SSSR count). The maximum Gasteiger partial charge on any atom is 0 e. The van der Waals surface area contributed by atoms with Crippen LogP contribution < -0.4 is 0 Å². The molecule has 0 radical (unpaired) electrons. The van der Waals surface area contributed by atoms with Crippen molar-refractivity contribution in [1.29, 1.82) is 0 Å². The first-order chi connectivity index (χ1) is 3.39. The Morgan fingerprint density at radius 2 is 0.182 bits per heavy atom. The van der Waals surface area contributed by atoms with Gasteiger partial charge in [0.25, 0.3) is 0 Å². The molecule has 1 heterocycles. The van der Waals surface area contributed by atoms with Crippen LogP contribution in [0.15, 0.2) is 0 Å². The minimum absolute atomic E-state index is 0. The maximum atomic E-state index is 2.36. The van der Waals surface area contributed by atoms with E-state index >= 15 is 0 Å². The van der Waals surface area contributed by atoms with E-state index in [2.05, 4.69) is 18.4 Å². The fourth-order valence-corrected chi connectivity index (χ4v) is 0.879. The normalized spacial score (nSPS) is 2.30. The third kappa shape index (κ3) is 588. The summed E-state index contributed by atoms with van der Waals surface area (Å²) in [6, 6.07) is 0. The molecule has 0 aromatic rings. The third-order valence-electron chi connectivity index (χ3n) is 1.43. The molecule has 0 saturated carbocycles. The molecule has 1 aliphatic rings. The molecule has 1 fully saturated rings. The van der Waals surface area contributed by atoms with Crippen LogP contribution in [-0.4, -0.2) is 25.0 Å². The van der Waals surface area contributed by atoms with Crippen molar-refractivity contribution >= 4 is 0 Å². The van der Waals surface area contributed by atoms with Gasteiger partial charge in [-0.3, -0.25) is 0 Å². The number of hydrogen-bond donors (Lipinski definition) is 0. The zero-order valence-electron chi connectivity index (χ0n) is 33.4. The van der Waals surface area contributed by atoms with Crippen LogP contribution in [0, 0.1) is 6.42 Å². The van der Waals surface area contributed by atoms with Crippen molar-refractivity contribution in [3.8, 4) is 0 Å². The van der Waals surface area contributed by atoms with E-state index in [0.29, 0.717) is 0 Å². The summed E-state index contributed by atoms with van der Waals surface area (Å²) in [5.74, 6) is 0. The van der Waals surface area contributed by atoms with Crippen LogP contribution >= 0.6 is 0 Å². The molecule has 77 heavy (non-hydrogen) atoms. The van der Waals surface area contributed by atoms with E-state index < -0.39 is 0 Å². The van der Waals surface area contributed by atoms with Crippen molar-refractivity contribution in [3.05, 3.63) is 6.42 Å². The van der Waals surface area contributed by atoms with Crippen LogP contribution in [0.3, 0.4) is 0 Å². The first kappa shape index (κ1) is 634. The second-order valence-corrected chi connectivity index (χ2v) is 2.17. The van der Waals surface area contributed by atoms with E-state index in [1.54, 1.807) is 0 Å². The van der Waals surface area contributed by atoms with Crippen molar-refractivity contribution in [3.63, 3.8) is 0 Å². The molecule has 0 aromatic carbocycles. The van der Waals surface area contributed by atoms with Crippen LogP contribution in [0.25, 0.3) is 0 Å². The molecule has 0 spiro atoms. The van der Waals surface area contributed by atoms with Crippen LogP contribution in [0.5, 0.6) is 0 Å². The van der Waals surface area contributed by atoms with Gasteiger partial charge in [0.05, 0.1) is 0 Å². The van der Waals surface area contributed by atoms with Gasteiger partial charge in [0.15, 0.2) is 0 Å². The van der Waals surface area contributed by atoms with Crippen molar-refractivity contribution in [1.82, 2.24) is 4.90 Å². The minimum atomic E-state index is 0. The summed E-state index contributed by atoms with van der Waals surface area (Å²) in [4.78, 5) is 2.36. The summed E-state index contributed by atoms with van der Waals surface area (Å²) in [6.45, 7) is 2.53. The van der Waals surface area contributed by atoms with E-state index in [1.807, 2.05) is 0 Å². The Hall–Kier alpha value is 48.1. The maximum absolute atomic E-state index is 2.36. The van der Waals surface area contributed by atoms with E-state index in [-0.39, 0.29) is 1470 Å². The molecular weight excluding hydrogens is 13000 g/mol. The van der Waals surface area contributed by atoms with Gasteiger partial charge in [0, 0.05) is 1470 Å². The van der Waals surface area contributed by atoms with Crippen molar-refractivity contribution in [2.75, 3.05) is 20.1 Å². The number of rotatable bonds is 0. The average molecular weight is 13000 g/mol. The predicted molar refractivity (Wildman–Crippen MR) is 31.0 cm³/mol. The average Bonchev–Trinajstić information content (AvgIpc) is 1.69. The summed E-state index contributed by atoms with van der Waals surface area (Å²) in [5, 5.41) is 0. The van der Waals surface area contributed by atoms with E-state index in [9.17, 15) is 0 Å².